The molecule has 7 nitrogen and oxygen atoms in total. The normalized spacial score (nSPS) is 21.9. The average Bonchev–Trinajstić information content (AvgIpc) is 3.53. The Morgan fingerprint density at radius 3 is 2.66 bits per heavy atom. The van der Waals surface area contributed by atoms with E-state index in [0.29, 0.717) is 25.6 Å². The number of para-hydroxylation sites is 3. The van der Waals surface area contributed by atoms with Gasteiger partial charge in [0.05, 0.1) is 22.5 Å². The number of rotatable bonds is 2. The maximum Gasteiger partial charge on any atom is 0.242 e. The Kier molecular flexibility index (Phi) is 6.85. The smallest absolute Gasteiger partial charge is 0.242 e. The molecule has 0 N–H and O–H groups in total. The summed E-state index contributed by atoms with van der Waals surface area (Å²) in [7, 11) is 0. The summed E-state index contributed by atoms with van der Waals surface area (Å²) in [6.45, 7) is 4.88. The van der Waals surface area contributed by atoms with Crippen molar-refractivity contribution < 1.29 is 14.3 Å². The van der Waals surface area contributed by atoms with Crippen molar-refractivity contribution in [1.29, 1.82) is 0 Å². The molecule has 38 heavy (non-hydrogen) atoms. The van der Waals surface area contributed by atoms with Crippen LogP contribution in [-0.2, 0) is 22.6 Å². The van der Waals surface area contributed by atoms with Crippen molar-refractivity contribution in [3.63, 3.8) is 0 Å². The fourth-order valence-corrected chi connectivity index (χ4v) is 6.78. The SMILES string of the molecule is Cc1nc2ccccc2n1CC(=O)N1CCC2(CCCCc3ccccc3OC[C@@H]3CCCN3C2=O)CC1. The molecule has 0 bridgehead atoms. The molecule has 2 amide bonds. The molecule has 1 aromatic heterocycles. The predicted molar refractivity (Wildman–Crippen MR) is 147 cm³/mol. The first-order valence-corrected chi connectivity index (χ1v) is 14.3. The number of carbonyl (C=O) groups excluding carboxylic acids is 2. The minimum absolute atomic E-state index is 0.107. The number of amides is 2. The third-order valence-corrected chi connectivity index (χ3v) is 9.06. The molecule has 3 aliphatic heterocycles. The Morgan fingerprint density at radius 2 is 1.79 bits per heavy atom. The second kappa shape index (κ2) is 10.4. The highest BCUT2D eigenvalue weighted by Gasteiger charge is 2.46. The second-order valence-electron chi connectivity index (χ2n) is 11.3. The zero-order valence-corrected chi connectivity index (χ0v) is 22.4. The lowest BCUT2D eigenvalue weighted by molar-refractivity contribution is -0.150. The Hall–Kier alpha value is -3.35. The number of aromatic nitrogens is 2. The highest BCUT2D eigenvalue weighted by molar-refractivity contribution is 5.85. The van der Waals surface area contributed by atoms with Gasteiger partial charge in [0.25, 0.3) is 0 Å². The number of ether oxygens (including phenoxy) is 1. The number of imidazole rings is 1. The Bertz CT molecular complexity index is 1320. The van der Waals surface area contributed by atoms with Crippen molar-refractivity contribution in [3.8, 4) is 5.75 Å². The van der Waals surface area contributed by atoms with E-state index in [9.17, 15) is 9.59 Å². The molecule has 0 unspecified atom stereocenters. The summed E-state index contributed by atoms with van der Waals surface area (Å²) in [6, 6.07) is 16.4. The monoisotopic (exact) mass is 514 g/mol. The van der Waals surface area contributed by atoms with Crippen LogP contribution in [0.5, 0.6) is 5.75 Å². The van der Waals surface area contributed by atoms with Crippen LogP contribution in [0.1, 0.15) is 56.3 Å². The molecule has 1 spiro atoms. The first kappa shape index (κ1) is 25.0. The lowest BCUT2D eigenvalue weighted by Gasteiger charge is -2.44. The fourth-order valence-electron chi connectivity index (χ4n) is 6.78. The van der Waals surface area contributed by atoms with Crippen molar-refractivity contribution in [3.05, 3.63) is 59.9 Å². The predicted octanol–water partition coefficient (Wildman–Crippen LogP) is 4.75. The van der Waals surface area contributed by atoms with Crippen LogP contribution in [0.3, 0.4) is 0 Å². The first-order valence-electron chi connectivity index (χ1n) is 14.3. The van der Waals surface area contributed by atoms with Crippen LogP contribution < -0.4 is 4.74 Å². The molecule has 2 fully saturated rings. The topological polar surface area (TPSA) is 67.7 Å². The van der Waals surface area contributed by atoms with Gasteiger partial charge in [0.2, 0.25) is 11.8 Å². The van der Waals surface area contributed by atoms with E-state index in [0.717, 1.165) is 80.5 Å². The minimum atomic E-state index is -0.379. The van der Waals surface area contributed by atoms with Crippen molar-refractivity contribution in [2.75, 3.05) is 26.2 Å². The third kappa shape index (κ3) is 4.67. The largest absolute Gasteiger partial charge is 0.491 e. The molecule has 0 saturated carbocycles. The number of carbonyl (C=O) groups is 2. The quantitative estimate of drug-likeness (QED) is 0.495. The number of benzene rings is 2. The van der Waals surface area contributed by atoms with E-state index in [-0.39, 0.29) is 23.9 Å². The number of fused-ring (bicyclic) bond motifs is 3. The molecule has 7 heteroatoms. The van der Waals surface area contributed by atoms with E-state index in [1.807, 2.05) is 46.7 Å². The summed E-state index contributed by atoms with van der Waals surface area (Å²) in [5.74, 6) is 2.22. The van der Waals surface area contributed by atoms with Gasteiger partial charge in [-0.2, -0.15) is 0 Å². The first-order chi connectivity index (χ1) is 18.5. The minimum Gasteiger partial charge on any atom is -0.491 e. The molecule has 0 radical (unpaired) electrons. The lowest BCUT2D eigenvalue weighted by Crippen LogP contribution is -2.53. The van der Waals surface area contributed by atoms with Gasteiger partial charge in [-0.05, 0) is 75.6 Å². The van der Waals surface area contributed by atoms with Crippen molar-refractivity contribution in [2.24, 2.45) is 5.41 Å². The van der Waals surface area contributed by atoms with Gasteiger partial charge in [-0.3, -0.25) is 9.59 Å². The molecule has 3 aliphatic rings. The zero-order valence-electron chi connectivity index (χ0n) is 22.4. The molecule has 2 saturated heterocycles. The van der Waals surface area contributed by atoms with Crippen LogP contribution in [0, 0.1) is 12.3 Å². The molecule has 4 heterocycles. The summed E-state index contributed by atoms with van der Waals surface area (Å²) in [5, 5.41) is 0. The summed E-state index contributed by atoms with van der Waals surface area (Å²) in [6.07, 6.45) is 7.40. The number of nitrogens with zero attached hydrogens (tertiary/aromatic N) is 4. The van der Waals surface area contributed by atoms with E-state index in [1.54, 1.807) is 0 Å². The van der Waals surface area contributed by atoms with E-state index in [1.165, 1.54) is 5.56 Å². The number of piperidine rings is 1. The second-order valence-corrected chi connectivity index (χ2v) is 11.3. The Balaban J connectivity index is 1.17. The highest BCUT2D eigenvalue weighted by atomic mass is 16.5. The zero-order chi connectivity index (χ0) is 26.1. The molecule has 1 atom stereocenters. The van der Waals surface area contributed by atoms with Crippen molar-refractivity contribution in [2.45, 2.75) is 70.9 Å². The van der Waals surface area contributed by atoms with Gasteiger partial charge >= 0.3 is 0 Å². The summed E-state index contributed by atoms with van der Waals surface area (Å²) < 4.78 is 8.29. The van der Waals surface area contributed by atoms with Crippen LogP contribution in [-0.4, -0.2) is 63.4 Å². The maximum absolute atomic E-state index is 14.1. The summed E-state index contributed by atoms with van der Waals surface area (Å²) in [5.41, 5.74) is 2.79. The van der Waals surface area contributed by atoms with Crippen molar-refractivity contribution >= 4 is 22.8 Å². The number of likely N-dealkylation sites (tertiary alicyclic amines) is 1. The highest BCUT2D eigenvalue weighted by Crippen LogP contribution is 2.41. The van der Waals surface area contributed by atoms with Crippen LogP contribution in [0.4, 0.5) is 0 Å². The van der Waals surface area contributed by atoms with Crippen molar-refractivity contribution in [1.82, 2.24) is 19.4 Å². The van der Waals surface area contributed by atoms with E-state index < -0.39 is 0 Å². The summed E-state index contributed by atoms with van der Waals surface area (Å²) >= 11 is 0. The van der Waals surface area contributed by atoms with Gasteiger partial charge in [0, 0.05) is 19.6 Å². The standard InChI is InChI=1S/C31H38N4O3/c1-23-32-26-12-3-4-13-27(26)35(23)21-29(36)33-19-16-31(17-20-33)15-7-6-10-24-9-2-5-14-28(24)38-22-25-11-8-18-34(25)30(31)37/h2-5,9,12-14,25H,6-8,10-11,15-22H2,1H3/t25-/m0/s1. The van der Waals surface area contributed by atoms with Gasteiger partial charge in [0.1, 0.15) is 24.7 Å². The Labute approximate surface area is 224 Å². The lowest BCUT2D eigenvalue weighted by atomic mass is 9.73. The average molecular weight is 515 g/mol. The molecule has 200 valence electrons. The van der Waals surface area contributed by atoms with Gasteiger partial charge in [0.15, 0.2) is 0 Å². The van der Waals surface area contributed by atoms with Crippen LogP contribution in [0.25, 0.3) is 11.0 Å². The van der Waals surface area contributed by atoms with Crippen LogP contribution in [0.15, 0.2) is 48.5 Å². The molecule has 0 aliphatic carbocycles. The molecular formula is C31H38N4O3. The number of aryl methyl sites for hydroxylation is 2. The number of hydrogen-bond donors (Lipinski definition) is 0. The van der Waals surface area contributed by atoms with E-state index in [4.69, 9.17) is 4.74 Å². The molecular weight excluding hydrogens is 476 g/mol. The third-order valence-electron chi connectivity index (χ3n) is 9.06. The van der Waals surface area contributed by atoms with Crippen LogP contribution in [0.2, 0.25) is 0 Å². The van der Waals surface area contributed by atoms with E-state index >= 15 is 0 Å². The van der Waals surface area contributed by atoms with Gasteiger partial charge < -0.3 is 19.1 Å². The van der Waals surface area contributed by atoms with E-state index in [2.05, 4.69) is 28.1 Å². The molecule has 3 aromatic rings. The molecule has 6 rings (SSSR count). The van der Waals surface area contributed by atoms with Gasteiger partial charge in [-0.25, -0.2) is 4.98 Å². The van der Waals surface area contributed by atoms with Crippen LogP contribution >= 0.6 is 0 Å². The summed E-state index contributed by atoms with van der Waals surface area (Å²) in [4.78, 5) is 36.2. The van der Waals surface area contributed by atoms with Gasteiger partial charge in [-0.15, -0.1) is 0 Å². The maximum atomic E-state index is 14.1. The Morgan fingerprint density at radius 1 is 1.00 bits per heavy atom. The number of hydrogen-bond acceptors (Lipinski definition) is 4. The molecule has 2 aromatic carbocycles. The fraction of sp³-hybridized carbons (Fsp3) is 0.516. The van der Waals surface area contributed by atoms with Gasteiger partial charge in [-0.1, -0.05) is 36.8 Å².